The van der Waals surface area contributed by atoms with E-state index in [1.54, 1.807) is 0 Å². The number of aliphatic carboxylic acids is 1. The van der Waals surface area contributed by atoms with Crippen LogP contribution in [0.3, 0.4) is 0 Å². The van der Waals surface area contributed by atoms with E-state index < -0.39 is 17.5 Å². The molecule has 0 rings (SSSR count). The molecule has 0 spiro atoms. The van der Waals surface area contributed by atoms with Gasteiger partial charge in [-0.2, -0.15) is 0 Å². The molecule has 0 aliphatic heterocycles. The molecule has 0 amide bonds. The van der Waals surface area contributed by atoms with Crippen LogP contribution >= 0.6 is 0 Å². The average Bonchev–Trinajstić information content (AvgIpc) is 2.39. The van der Waals surface area contributed by atoms with Gasteiger partial charge in [0.2, 0.25) is 5.78 Å². The zero-order chi connectivity index (χ0) is 16.6. The fraction of sp³-hybridized carbons (Fsp3) is 0.875. The van der Waals surface area contributed by atoms with E-state index in [2.05, 4.69) is 0 Å². The summed E-state index contributed by atoms with van der Waals surface area (Å²) in [4.78, 5) is 24.4. The molecule has 5 nitrogen and oxygen atoms in total. The predicted molar refractivity (Wildman–Crippen MR) is 81.0 cm³/mol. The van der Waals surface area contributed by atoms with E-state index in [0.29, 0.717) is 12.8 Å². The molecule has 0 aliphatic rings. The lowest BCUT2D eigenvalue weighted by Gasteiger charge is -2.32. The summed E-state index contributed by atoms with van der Waals surface area (Å²) in [6.45, 7) is 11.7. The second kappa shape index (κ2) is 9.15. The molecule has 0 aromatic rings. The summed E-state index contributed by atoms with van der Waals surface area (Å²) in [5.41, 5.74) is 0. The number of hydrogen-bond donors (Lipinski definition) is 1. The highest BCUT2D eigenvalue weighted by Crippen LogP contribution is 2.25. The lowest BCUT2D eigenvalue weighted by molar-refractivity contribution is -0.243. The Bertz CT molecular complexity index is 320. The number of carbonyl (C=O) groups is 2. The molecule has 0 heterocycles. The number of ketones is 1. The summed E-state index contributed by atoms with van der Waals surface area (Å²) in [5.74, 6) is -4.17. The van der Waals surface area contributed by atoms with Crippen LogP contribution in [0, 0.1) is 17.8 Å². The third-order valence-corrected chi connectivity index (χ3v) is 3.20. The van der Waals surface area contributed by atoms with Crippen molar-refractivity contribution in [3.05, 3.63) is 0 Å². The number of hydrogen-bond acceptors (Lipinski definition) is 4. The fourth-order valence-corrected chi connectivity index (χ4v) is 1.91. The Morgan fingerprint density at radius 1 is 0.952 bits per heavy atom. The highest BCUT2D eigenvalue weighted by atomic mass is 16.7. The topological polar surface area (TPSA) is 72.8 Å². The minimum absolute atomic E-state index is 0.112. The van der Waals surface area contributed by atoms with Crippen molar-refractivity contribution in [2.75, 3.05) is 13.2 Å². The maximum absolute atomic E-state index is 12.7. The number of ether oxygens (including phenoxy) is 2. The fourth-order valence-electron chi connectivity index (χ4n) is 1.91. The third-order valence-electron chi connectivity index (χ3n) is 3.20. The first-order valence-electron chi connectivity index (χ1n) is 7.76. The van der Waals surface area contributed by atoms with Gasteiger partial charge in [0.05, 0.1) is 13.2 Å². The zero-order valence-corrected chi connectivity index (χ0v) is 14.1. The summed E-state index contributed by atoms with van der Waals surface area (Å²) in [6, 6.07) is 0. The molecule has 0 aliphatic carbocycles. The van der Waals surface area contributed by atoms with E-state index in [9.17, 15) is 14.7 Å². The van der Waals surface area contributed by atoms with Crippen LogP contribution in [0.5, 0.6) is 0 Å². The summed E-state index contributed by atoms with van der Waals surface area (Å²) in [6.07, 6.45) is 1.14. The van der Waals surface area contributed by atoms with Crippen molar-refractivity contribution in [2.45, 2.75) is 60.2 Å². The Kier molecular flexibility index (Phi) is 8.74. The second-order valence-electron chi connectivity index (χ2n) is 6.21. The predicted octanol–water partition coefficient (Wildman–Crippen LogP) is 3.12. The molecule has 124 valence electrons. The van der Waals surface area contributed by atoms with Gasteiger partial charge in [-0.15, -0.1) is 0 Å². The van der Waals surface area contributed by atoms with Crippen LogP contribution in [0.2, 0.25) is 0 Å². The quantitative estimate of drug-likeness (QED) is 0.469. The Morgan fingerprint density at radius 3 is 1.57 bits per heavy atom. The van der Waals surface area contributed by atoms with Crippen molar-refractivity contribution in [1.82, 2.24) is 0 Å². The van der Waals surface area contributed by atoms with Gasteiger partial charge in [0.25, 0.3) is 0 Å². The molecule has 0 saturated heterocycles. The molecule has 5 heteroatoms. The van der Waals surface area contributed by atoms with Crippen molar-refractivity contribution in [2.24, 2.45) is 17.8 Å². The lowest BCUT2D eigenvalue weighted by Crippen LogP contribution is -2.55. The zero-order valence-electron chi connectivity index (χ0n) is 14.1. The molecule has 21 heavy (non-hydrogen) atoms. The van der Waals surface area contributed by atoms with Gasteiger partial charge in [-0.3, -0.25) is 4.79 Å². The Morgan fingerprint density at radius 2 is 1.33 bits per heavy atom. The molecule has 0 aromatic carbocycles. The molecule has 0 bridgehead atoms. The SMILES string of the molecule is CCC(CC)C(=O)C(OCC(C)C)(OCC(C)C)C(=O)O. The van der Waals surface area contributed by atoms with Crippen LogP contribution < -0.4 is 0 Å². The Hall–Kier alpha value is -0.940. The Balaban J connectivity index is 5.43. The van der Waals surface area contributed by atoms with Gasteiger partial charge in [0.1, 0.15) is 0 Å². The van der Waals surface area contributed by atoms with Crippen molar-refractivity contribution < 1.29 is 24.2 Å². The highest BCUT2D eigenvalue weighted by molar-refractivity contribution is 6.05. The standard InChI is InChI=1S/C16H30O5/c1-7-13(8-2)14(17)16(15(18)19,20-9-11(3)4)21-10-12(5)6/h11-13H,7-10H2,1-6H3,(H,18,19). The number of rotatable bonds is 11. The van der Waals surface area contributed by atoms with Crippen molar-refractivity contribution in [3.8, 4) is 0 Å². The number of carboxylic acids is 1. The van der Waals surface area contributed by atoms with Crippen LogP contribution in [-0.4, -0.2) is 35.9 Å². The van der Waals surface area contributed by atoms with Gasteiger partial charge >= 0.3 is 11.8 Å². The van der Waals surface area contributed by atoms with Gasteiger partial charge < -0.3 is 14.6 Å². The molecule has 0 saturated carbocycles. The van der Waals surface area contributed by atoms with E-state index >= 15 is 0 Å². The van der Waals surface area contributed by atoms with E-state index in [4.69, 9.17) is 9.47 Å². The molecule has 0 fully saturated rings. The first-order valence-corrected chi connectivity index (χ1v) is 7.76. The average molecular weight is 302 g/mol. The van der Waals surface area contributed by atoms with Crippen molar-refractivity contribution in [1.29, 1.82) is 0 Å². The first kappa shape index (κ1) is 20.1. The third kappa shape index (κ3) is 5.75. The van der Waals surface area contributed by atoms with E-state index in [1.165, 1.54) is 0 Å². The summed E-state index contributed by atoms with van der Waals surface area (Å²) in [7, 11) is 0. The molecular formula is C16H30O5. The second-order valence-corrected chi connectivity index (χ2v) is 6.21. The smallest absolute Gasteiger partial charge is 0.372 e. The molecule has 0 radical (unpaired) electrons. The van der Waals surface area contributed by atoms with E-state index in [0.717, 1.165) is 0 Å². The largest absolute Gasteiger partial charge is 0.477 e. The van der Waals surface area contributed by atoms with Crippen molar-refractivity contribution in [3.63, 3.8) is 0 Å². The van der Waals surface area contributed by atoms with Gasteiger partial charge in [-0.05, 0) is 24.7 Å². The minimum atomic E-state index is -2.18. The van der Waals surface area contributed by atoms with Crippen LogP contribution in [0.4, 0.5) is 0 Å². The summed E-state index contributed by atoms with van der Waals surface area (Å²) in [5, 5.41) is 9.59. The molecule has 0 unspecified atom stereocenters. The van der Waals surface area contributed by atoms with Crippen LogP contribution in [-0.2, 0) is 19.1 Å². The number of Topliss-reactive ketones (excluding diaryl/α,β-unsaturated/α-hetero) is 1. The highest BCUT2D eigenvalue weighted by Gasteiger charge is 2.51. The van der Waals surface area contributed by atoms with E-state index in [-0.39, 0.29) is 31.0 Å². The maximum atomic E-state index is 12.7. The monoisotopic (exact) mass is 302 g/mol. The van der Waals surface area contributed by atoms with Crippen molar-refractivity contribution >= 4 is 11.8 Å². The normalized spacial score (nSPS) is 12.4. The summed E-state index contributed by atoms with van der Waals surface area (Å²) < 4.78 is 11.0. The number of carbonyl (C=O) groups excluding carboxylic acids is 1. The molecular weight excluding hydrogens is 272 g/mol. The summed E-state index contributed by atoms with van der Waals surface area (Å²) >= 11 is 0. The molecule has 1 N–H and O–H groups in total. The van der Waals surface area contributed by atoms with Crippen LogP contribution in [0.15, 0.2) is 0 Å². The van der Waals surface area contributed by atoms with Gasteiger partial charge in [-0.25, -0.2) is 4.79 Å². The molecule has 0 aromatic heterocycles. The van der Waals surface area contributed by atoms with Gasteiger partial charge in [0.15, 0.2) is 0 Å². The first-order chi connectivity index (χ1) is 9.71. The van der Waals surface area contributed by atoms with Gasteiger partial charge in [0, 0.05) is 5.92 Å². The van der Waals surface area contributed by atoms with Crippen LogP contribution in [0.1, 0.15) is 54.4 Å². The molecule has 0 atom stereocenters. The number of carboxylic acid groups (broad SMARTS) is 1. The minimum Gasteiger partial charge on any atom is -0.477 e. The van der Waals surface area contributed by atoms with Crippen LogP contribution in [0.25, 0.3) is 0 Å². The maximum Gasteiger partial charge on any atom is 0.372 e. The van der Waals surface area contributed by atoms with Gasteiger partial charge in [-0.1, -0.05) is 41.5 Å². The van der Waals surface area contributed by atoms with E-state index in [1.807, 2.05) is 41.5 Å². The Labute approximate surface area is 128 Å². The lowest BCUT2D eigenvalue weighted by atomic mass is 9.92.